The van der Waals surface area contributed by atoms with E-state index in [1.165, 1.54) is 11.1 Å². The second-order valence-electron chi connectivity index (χ2n) is 4.80. The zero-order valence-electron chi connectivity index (χ0n) is 10.6. The van der Waals surface area contributed by atoms with Gasteiger partial charge in [0.25, 0.3) is 0 Å². The van der Waals surface area contributed by atoms with E-state index >= 15 is 0 Å². The highest BCUT2D eigenvalue weighted by molar-refractivity contribution is 5.37. The Morgan fingerprint density at radius 1 is 0.706 bits per heavy atom. The summed E-state index contributed by atoms with van der Waals surface area (Å²) < 4.78 is 0. The monoisotopic (exact) mass is 226 g/mol. The first-order chi connectivity index (χ1) is 8.00. The van der Waals surface area contributed by atoms with Crippen LogP contribution in [0.5, 0.6) is 0 Å². The van der Waals surface area contributed by atoms with Crippen molar-refractivity contribution in [1.29, 1.82) is 0 Å². The van der Waals surface area contributed by atoms with Crippen LogP contribution in [0.2, 0.25) is 0 Å². The van der Waals surface area contributed by atoms with Gasteiger partial charge in [-0.2, -0.15) is 0 Å². The molecule has 0 saturated heterocycles. The van der Waals surface area contributed by atoms with E-state index in [0.717, 1.165) is 11.1 Å². The molecule has 1 N–H and O–H groups in total. The third-order valence-electron chi connectivity index (χ3n) is 3.23. The first kappa shape index (κ1) is 11.9. The van der Waals surface area contributed by atoms with Gasteiger partial charge >= 0.3 is 0 Å². The normalized spacial score (nSPS) is 11.5. The average molecular weight is 226 g/mol. The average Bonchev–Trinajstić information content (AvgIpc) is 2.30. The van der Waals surface area contributed by atoms with Crippen molar-refractivity contribution in [2.24, 2.45) is 0 Å². The lowest BCUT2D eigenvalue weighted by Crippen LogP contribution is -2.22. The molecule has 1 nitrogen and oxygen atoms in total. The van der Waals surface area contributed by atoms with Gasteiger partial charge < -0.3 is 5.11 Å². The van der Waals surface area contributed by atoms with E-state index < -0.39 is 5.60 Å². The summed E-state index contributed by atoms with van der Waals surface area (Å²) in [6, 6.07) is 16.0. The van der Waals surface area contributed by atoms with Gasteiger partial charge in [0.1, 0.15) is 5.60 Å². The third-order valence-corrected chi connectivity index (χ3v) is 3.23. The molecule has 0 radical (unpaired) electrons. The van der Waals surface area contributed by atoms with Gasteiger partial charge in [0.15, 0.2) is 0 Å². The Morgan fingerprint density at radius 2 is 1.00 bits per heavy atom. The molecule has 0 atom stereocenters. The third kappa shape index (κ3) is 2.40. The number of hydrogen-bond acceptors (Lipinski definition) is 1. The molecule has 0 aliphatic heterocycles. The summed E-state index contributed by atoms with van der Waals surface area (Å²) in [6.07, 6.45) is 0. The number of benzene rings is 2. The van der Waals surface area contributed by atoms with Gasteiger partial charge in [-0.25, -0.2) is 0 Å². The Morgan fingerprint density at radius 3 is 1.29 bits per heavy atom. The molecule has 0 aliphatic carbocycles. The molecule has 0 unspecified atom stereocenters. The molecule has 1 heteroatoms. The van der Waals surface area contributed by atoms with Crippen LogP contribution in [0.1, 0.15) is 29.2 Å². The van der Waals surface area contributed by atoms with Gasteiger partial charge in [-0.15, -0.1) is 0 Å². The molecule has 2 aromatic carbocycles. The zero-order chi connectivity index (χ0) is 12.5. The molecule has 0 spiro atoms. The molecule has 2 aromatic rings. The van der Waals surface area contributed by atoms with Crippen LogP contribution in [0, 0.1) is 13.8 Å². The summed E-state index contributed by atoms with van der Waals surface area (Å²) in [5.74, 6) is 0. The van der Waals surface area contributed by atoms with Crippen LogP contribution in [0.15, 0.2) is 48.5 Å². The van der Waals surface area contributed by atoms with Gasteiger partial charge in [0.2, 0.25) is 0 Å². The van der Waals surface area contributed by atoms with Crippen LogP contribution in [0.25, 0.3) is 0 Å². The maximum atomic E-state index is 10.6. The largest absolute Gasteiger partial charge is 0.381 e. The van der Waals surface area contributed by atoms with Crippen molar-refractivity contribution in [2.75, 3.05) is 0 Å². The fourth-order valence-corrected chi connectivity index (χ4v) is 1.92. The van der Waals surface area contributed by atoms with Gasteiger partial charge in [-0.3, -0.25) is 0 Å². The second kappa shape index (κ2) is 4.34. The van der Waals surface area contributed by atoms with E-state index in [-0.39, 0.29) is 0 Å². The Kier molecular flexibility index (Phi) is 3.03. The predicted octanol–water partition coefficient (Wildman–Crippen LogP) is 3.56. The minimum Gasteiger partial charge on any atom is -0.381 e. The van der Waals surface area contributed by atoms with Crippen LogP contribution in [0.4, 0.5) is 0 Å². The summed E-state index contributed by atoms with van der Waals surface area (Å²) in [5.41, 5.74) is 3.32. The maximum absolute atomic E-state index is 10.6. The van der Waals surface area contributed by atoms with Crippen LogP contribution < -0.4 is 0 Å². The van der Waals surface area contributed by atoms with E-state index in [4.69, 9.17) is 0 Å². The van der Waals surface area contributed by atoms with Crippen molar-refractivity contribution in [3.63, 3.8) is 0 Å². The fraction of sp³-hybridized carbons (Fsp3) is 0.250. The van der Waals surface area contributed by atoms with E-state index in [2.05, 4.69) is 0 Å². The highest BCUT2D eigenvalue weighted by Crippen LogP contribution is 2.29. The van der Waals surface area contributed by atoms with Crippen LogP contribution in [-0.2, 0) is 5.60 Å². The van der Waals surface area contributed by atoms with Crippen molar-refractivity contribution in [2.45, 2.75) is 26.4 Å². The smallest absolute Gasteiger partial charge is 0.112 e. The molecule has 0 fully saturated rings. The summed E-state index contributed by atoms with van der Waals surface area (Å²) in [7, 11) is 0. The molecule has 0 aromatic heterocycles. The Labute approximate surface area is 103 Å². The number of aryl methyl sites for hydroxylation is 2. The van der Waals surface area contributed by atoms with Crippen molar-refractivity contribution >= 4 is 0 Å². The quantitative estimate of drug-likeness (QED) is 0.830. The molecular formula is C16H18O. The number of aliphatic hydroxyl groups is 1. The van der Waals surface area contributed by atoms with Gasteiger partial charge in [-0.1, -0.05) is 59.7 Å². The van der Waals surface area contributed by atoms with E-state index in [9.17, 15) is 5.11 Å². The lowest BCUT2D eigenvalue weighted by Gasteiger charge is -2.24. The molecule has 0 saturated carbocycles. The minimum atomic E-state index is -0.929. The van der Waals surface area contributed by atoms with Crippen LogP contribution in [0.3, 0.4) is 0 Å². The van der Waals surface area contributed by atoms with E-state index in [1.54, 1.807) is 0 Å². The fourth-order valence-electron chi connectivity index (χ4n) is 1.92. The summed E-state index contributed by atoms with van der Waals surface area (Å²) in [5, 5.41) is 10.6. The van der Waals surface area contributed by atoms with E-state index in [1.807, 2.05) is 69.3 Å². The van der Waals surface area contributed by atoms with Crippen molar-refractivity contribution < 1.29 is 5.11 Å². The topological polar surface area (TPSA) is 20.2 Å². The number of rotatable bonds is 2. The van der Waals surface area contributed by atoms with Gasteiger partial charge in [0, 0.05) is 0 Å². The van der Waals surface area contributed by atoms with E-state index in [0.29, 0.717) is 0 Å². The van der Waals surface area contributed by atoms with Crippen molar-refractivity contribution in [1.82, 2.24) is 0 Å². The van der Waals surface area contributed by atoms with Gasteiger partial charge in [0.05, 0.1) is 0 Å². The highest BCUT2D eigenvalue weighted by Gasteiger charge is 2.24. The summed E-state index contributed by atoms with van der Waals surface area (Å²) in [4.78, 5) is 0. The standard InChI is InChI=1S/C16H18O/c1-12-4-8-14(9-5-12)16(3,17)15-10-6-13(2)7-11-15/h4-11,17H,1-3H3. The first-order valence-electron chi connectivity index (χ1n) is 5.87. The molecule has 17 heavy (non-hydrogen) atoms. The molecule has 0 aliphatic rings. The first-order valence-corrected chi connectivity index (χ1v) is 5.87. The van der Waals surface area contributed by atoms with Gasteiger partial charge in [-0.05, 0) is 31.9 Å². The summed E-state index contributed by atoms with van der Waals surface area (Å²) in [6.45, 7) is 5.93. The molecule has 0 heterocycles. The Hall–Kier alpha value is -1.60. The lowest BCUT2D eigenvalue weighted by molar-refractivity contribution is 0.102. The SMILES string of the molecule is Cc1ccc(C(C)(O)c2ccc(C)cc2)cc1. The molecule has 0 bridgehead atoms. The van der Waals surface area contributed by atoms with Crippen LogP contribution in [-0.4, -0.2) is 5.11 Å². The Bertz CT molecular complexity index is 445. The lowest BCUT2D eigenvalue weighted by atomic mass is 9.87. The zero-order valence-corrected chi connectivity index (χ0v) is 10.6. The minimum absolute atomic E-state index is 0.923. The predicted molar refractivity (Wildman–Crippen MR) is 71.0 cm³/mol. The molecule has 0 amide bonds. The molecular weight excluding hydrogens is 208 g/mol. The maximum Gasteiger partial charge on any atom is 0.112 e. The van der Waals surface area contributed by atoms with Crippen molar-refractivity contribution in [3.8, 4) is 0 Å². The second-order valence-corrected chi connectivity index (χ2v) is 4.80. The van der Waals surface area contributed by atoms with Crippen LogP contribution >= 0.6 is 0 Å². The summed E-state index contributed by atoms with van der Waals surface area (Å²) >= 11 is 0. The number of hydrogen-bond donors (Lipinski definition) is 1. The highest BCUT2D eigenvalue weighted by atomic mass is 16.3. The van der Waals surface area contributed by atoms with Crippen molar-refractivity contribution in [3.05, 3.63) is 70.8 Å². The molecule has 2 rings (SSSR count). The molecule has 88 valence electrons. The Balaban J connectivity index is 2.41.